The first-order valence-electron chi connectivity index (χ1n) is 6.09. The molecular formula is C12H21N3O. The summed E-state index contributed by atoms with van der Waals surface area (Å²) < 4.78 is 0. The average Bonchev–Trinajstić information content (AvgIpc) is 2.76. The second kappa shape index (κ2) is 4.97. The van der Waals surface area contributed by atoms with Gasteiger partial charge in [0.1, 0.15) is 0 Å². The van der Waals surface area contributed by atoms with Gasteiger partial charge in [0.25, 0.3) is 0 Å². The standard InChI is InChI=1S/C12H21N3O/c1-10-2-5-12(16,6-3-10)9-13-8-11-4-7-14-15-11/h4,7,10,13,16H,2-3,5-6,8-9H2,1H3,(H,14,15). The highest BCUT2D eigenvalue weighted by atomic mass is 16.3. The van der Waals surface area contributed by atoms with Crippen LogP contribution in [0.1, 0.15) is 38.3 Å². The molecule has 1 aromatic rings. The van der Waals surface area contributed by atoms with Crippen molar-refractivity contribution < 1.29 is 5.11 Å². The summed E-state index contributed by atoms with van der Waals surface area (Å²) in [6.07, 6.45) is 5.87. The Kier molecular flexibility index (Phi) is 3.61. The summed E-state index contributed by atoms with van der Waals surface area (Å²) in [5, 5.41) is 20.4. The van der Waals surface area contributed by atoms with Gasteiger partial charge in [-0.25, -0.2) is 0 Å². The van der Waals surface area contributed by atoms with E-state index in [0.29, 0.717) is 6.54 Å². The second-order valence-electron chi connectivity index (χ2n) is 5.09. The molecule has 0 radical (unpaired) electrons. The Balaban J connectivity index is 1.73. The van der Waals surface area contributed by atoms with Crippen LogP contribution in [0.4, 0.5) is 0 Å². The van der Waals surface area contributed by atoms with Crippen LogP contribution in [0, 0.1) is 5.92 Å². The SMILES string of the molecule is CC1CCC(O)(CNCc2ccn[nH]2)CC1. The number of nitrogens with one attached hydrogen (secondary N) is 2. The molecule has 1 saturated carbocycles. The lowest BCUT2D eigenvalue weighted by Crippen LogP contribution is -2.43. The lowest BCUT2D eigenvalue weighted by atomic mass is 9.79. The van der Waals surface area contributed by atoms with Gasteiger partial charge in [0, 0.05) is 25.0 Å². The summed E-state index contributed by atoms with van der Waals surface area (Å²) >= 11 is 0. The molecule has 0 bridgehead atoms. The van der Waals surface area contributed by atoms with E-state index in [0.717, 1.165) is 43.8 Å². The van der Waals surface area contributed by atoms with Crippen molar-refractivity contribution in [2.45, 2.75) is 44.8 Å². The smallest absolute Gasteiger partial charge is 0.0771 e. The van der Waals surface area contributed by atoms with Crippen molar-refractivity contribution >= 4 is 0 Å². The second-order valence-corrected chi connectivity index (χ2v) is 5.09. The fraction of sp³-hybridized carbons (Fsp3) is 0.750. The maximum Gasteiger partial charge on any atom is 0.0771 e. The van der Waals surface area contributed by atoms with Gasteiger partial charge in [-0.2, -0.15) is 5.10 Å². The minimum absolute atomic E-state index is 0.494. The van der Waals surface area contributed by atoms with Crippen molar-refractivity contribution in [3.63, 3.8) is 0 Å². The first kappa shape index (κ1) is 11.6. The van der Waals surface area contributed by atoms with E-state index in [1.807, 2.05) is 6.07 Å². The summed E-state index contributed by atoms with van der Waals surface area (Å²) in [6.45, 7) is 3.69. The molecule has 1 aromatic heterocycles. The normalized spacial score (nSPS) is 30.5. The first-order chi connectivity index (χ1) is 7.68. The molecule has 1 fully saturated rings. The van der Waals surface area contributed by atoms with Crippen molar-refractivity contribution in [3.05, 3.63) is 18.0 Å². The highest BCUT2D eigenvalue weighted by Gasteiger charge is 2.31. The van der Waals surface area contributed by atoms with E-state index in [2.05, 4.69) is 22.4 Å². The maximum atomic E-state index is 10.3. The molecule has 0 saturated heterocycles. The molecule has 4 heteroatoms. The minimum Gasteiger partial charge on any atom is -0.389 e. The number of aromatic nitrogens is 2. The summed E-state index contributed by atoms with van der Waals surface area (Å²) in [5.74, 6) is 0.771. The lowest BCUT2D eigenvalue weighted by Gasteiger charge is -2.35. The summed E-state index contributed by atoms with van der Waals surface area (Å²) in [6, 6.07) is 1.94. The van der Waals surface area contributed by atoms with Crippen LogP contribution in [0.25, 0.3) is 0 Å². The van der Waals surface area contributed by atoms with Gasteiger partial charge >= 0.3 is 0 Å². The van der Waals surface area contributed by atoms with E-state index >= 15 is 0 Å². The minimum atomic E-state index is -0.494. The molecule has 0 spiro atoms. The predicted octanol–water partition coefficient (Wildman–Crippen LogP) is 1.44. The van der Waals surface area contributed by atoms with Crippen molar-refractivity contribution in [1.82, 2.24) is 15.5 Å². The Hall–Kier alpha value is -0.870. The molecule has 0 atom stereocenters. The number of hydrogen-bond acceptors (Lipinski definition) is 3. The van der Waals surface area contributed by atoms with E-state index in [1.165, 1.54) is 0 Å². The van der Waals surface area contributed by atoms with Gasteiger partial charge in [0.2, 0.25) is 0 Å². The fourth-order valence-corrected chi connectivity index (χ4v) is 2.29. The van der Waals surface area contributed by atoms with Gasteiger partial charge < -0.3 is 10.4 Å². The zero-order valence-electron chi connectivity index (χ0n) is 9.87. The van der Waals surface area contributed by atoms with Crippen LogP contribution in [0.15, 0.2) is 12.3 Å². The molecule has 0 aromatic carbocycles. The van der Waals surface area contributed by atoms with Gasteiger partial charge in [0.15, 0.2) is 0 Å². The van der Waals surface area contributed by atoms with Crippen LogP contribution < -0.4 is 5.32 Å². The average molecular weight is 223 g/mol. The molecule has 0 amide bonds. The number of nitrogens with zero attached hydrogens (tertiary/aromatic N) is 1. The van der Waals surface area contributed by atoms with Crippen molar-refractivity contribution in [2.75, 3.05) is 6.54 Å². The fourth-order valence-electron chi connectivity index (χ4n) is 2.29. The predicted molar refractivity (Wildman–Crippen MR) is 62.9 cm³/mol. The third-order valence-electron chi connectivity index (χ3n) is 3.53. The third-order valence-corrected chi connectivity index (χ3v) is 3.53. The zero-order chi connectivity index (χ0) is 11.4. The number of hydrogen-bond donors (Lipinski definition) is 3. The monoisotopic (exact) mass is 223 g/mol. The quantitative estimate of drug-likeness (QED) is 0.724. The summed E-state index contributed by atoms with van der Waals surface area (Å²) in [4.78, 5) is 0. The summed E-state index contributed by atoms with van der Waals surface area (Å²) in [5.41, 5.74) is 0.569. The van der Waals surface area contributed by atoms with Crippen LogP contribution in [-0.4, -0.2) is 27.4 Å². The van der Waals surface area contributed by atoms with Crippen molar-refractivity contribution in [3.8, 4) is 0 Å². The number of aromatic amines is 1. The Labute approximate surface area is 96.5 Å². The van der Waals surface area contributed by atoms with Crippen LogP contribution in [-0.2, 0) is 6.54 Å². The number of aliphatic hydroxyl groups is 1. The van der Waals surface area contributed by atoms with E-state index in [1.54, 1.807) is 6.20 Å². The largest absolute Gasteiger partial charge is 0.389 e. The van der Waals surface area contributed by atoms with E-state index in [4.69, 9.17) is 0 Å². The molecular weight excluding hydrogens is 202 g/mol. The van der Waals surface area contributed by atoms with Crippen LogP contribution >= 0.6 is 0 Å². The van der Waals surface area contributed by atoms with Gasteiger partial charge in [-0.1, -0.05) is 6.92 Å². The number of H-pyrrole nitrogens is 1. The van der Waals surface area contributed by atoms with Gasteiger partial charge in [-0.15, -0.1) is 0 Å². The Morgan fingerprint density at radius 3 is 2.94 bits per heavy atom. The molecule has 16 heavy (non-hydrogen) atoms. The molecule has 2 rings (SSSR count). The van der Waals surface area contributed by atoms with Gasteiger partial charge in [-0.05, 0) is 37.7 Å². The lowest BCUT2D eigenvalue weighted by molar-refractivity contribution is -0.00635. The molecule has 1 aliphatic rings. The summed E-state index contributed by atoms with van der Waals surface area (Å²) in [7, 11) is 0. The maximum absolute atomic E-state index is 10.3. The molecule has 4 nitrogen and oxygen atoms in total. The van der Waals surface area contributed by atoms with Crippen molar-refractivity contribution in [1.29, 1.82) is 0 Å². The van der Waals surface area contributed by atoms with Crippen LogP contribution in [0.5, 0.6) is 0 Å². The Morgan fingerprint density at radius 1 is 1.56 bits per heavy atom. The first-order valence-corrected chi connectivity index (χ1v) is 6.09. The van der Waals surface area contributed by atoms with Gasteiger partial charge in [0.05, 0.1) is 5.60 Å². The Bertz CT molecular complexity index is 302. The molecule has 1 heterocycles. The molecule has 0 unspecified atom stereocenters. The van der Waals surface area contributed by atoms with Crippen LogP contribution in [0.3, 0.4) is 0 Å². The van der Waals surface area contributed by atoms with E-state index in [9.17, 15) is 5.11 Å². The third kappa shape index (κ3) is 3.06. The molecule has 1 aliphatic carbocycles. The van der Waals surface area contributed by atoms with Crippen molar-refractivity contribution in [2.24, 2.45) is 5.92 Å². The van der Waals surface area contributed by atoms with E-state index in [-0.39, 0.29) is 0 Å². The Morgan fingerprint density at radius 2 is 2.31 bits per heavy atom. The molecule has 0 aliphatic heterocycles. The zero-order valence-corrected chi connectivity index (χ0v) is 9.87. The topological polar surface area (TPSA) is 60.9 Å². The van der Waals surface area contributed by atoms with E-state index < -0.39 is 5.60 Å². The van der Waals surface area contributed by atoms with Crippen LogP contribution in [0.2, 0.25) is 0 Å². The highest BCUT2D eigenvalue weighted by molar-refractivity contribution is 4.97. The molecule has 3 N–H and O–H groups in total. The number of rotatable bonds is 4. The van der Waals surface area contributed by atoms with Gasteiger partial charge in [-0.3, -0.25) is 5.10 Å². The molecule has 90 valence electrons. The highest BCUT2D eigenvalue weighted by Crippen LogP contribution is 2.31.